The third-order valence-corrected chi connectivity index (χ3v) is 6.09. The molecule has 0 fully saturated rings. The molecular formula is C32H64O11. The molecule has 0 N–H and O–H groups in total. The quantitative estimate of drug-likeness (QED) is 0.0709. The maximum absolute atomic E-state index is 11.6. The average molecular weight is 625 g/mol. The van der Waals surface area contributed by atoms with Crippen molar-refractivity contribution in [1.29, 1.82) is 0 Å². The summed E-state index contributed by atoms with van der Waals surface area (Å²) >= 11 is 0. The minimum absolute atomic E-state index is 0.140. The van der Waals surface area contributed by atoms with E-state index in [1.54, 1.807) is 0 Å². The molecule has 11 nitrogen and oxygen atoms in total. The highest BCUT2D eigenvalue weighted by Crippen LogP contribution is 2.07. The Labute approximate surface area is 261 Å². The predicted molar refractivity (Wildman–Crippen MR) is 166 cm³/mol. The van der Waals surface area contributed by atoms with E-state index >= 15 is 0 Å². The first-order valence-corrected chi connectivity index (χ1v) is 16.7. The van der Waals surface area contributed by atoms with Crippen molar-refractivity contribution < 1.29 is 52.2 Å². The second-order valence-corrected chi connectivity index (χ2v) is 9.96. The maximum atomic E-state index is 11.6. The van der Waals surface area contributed by atoms with Crippen LogP contribution in [-0.2, 0) is 52.2 Å². The SMILES string of the molecule is CCCCCCCCC(=O)OCCOCCOCCOCCOCCOCCOCCOCCOCCOCCCCC. The highest BCUT2D eigenvalue weighted by Gasteiger charge is 2.02. The van der Waals surface area contributed by atoms with Crippen LogP contribution in [0.2, 0.25) is 0 Å². The van der Waals surface area contributed by atoms with Gasteiger partial charge in [0.25, 0.3) is 0 Å². The highest BCUT2D eigenvalue weighted by atomic mass is 16.6. The van der Waals surface area contributed by atoms with Crippen molar-refractivity contribution in [3.63, 3.8) is 0 Å². The van der Waals surface area contributed by atoms with Gasteiger partial charge in [-0.25, -0.2) is 0 Å². The van der Waals surface area contributed by atoms with Crippen LogP contribution < -0.4 is 0 Å². The lowest BCUT2D eigenvalue weighted by molar-refractivity contribution is -0.145. The minimum atomic E-state index is -0.140. The zero-order chi connectivity index (χ0) is 31.2. The lowest BCUT2D eigenvalue weighted by Gasteiger charge is -2.09. The second kappa shape index (κ2) is 39.1. The van der Waals surface area contributed by atoms with Crippen LogP contribution in [0.25, 0.3) is 0 Å². The van der Waals surface area contributed by atoms with E-state index < -0.39 is 0 Å². The molecule has 0 aliphatic rings. The highest BCUT2D eigenvalue weighted by molar-refractivity contribution is 5.69. The molecule has 0 aromatic rings. The first-order chi connectivity index (χ1) is 21.3. The van der Waals surface area contributed by atoms with Gasteiger partial charge in [0.2, 0.25) is 0 Å². The van der Waals surface area contributed by atoms with Crippen molar-refractivity contribution in [2.24, 2.45) is 0 Å². The van der Waals surface area contributed by atoms with E-state index in [1.807, 2.05) is 0 Å². The number of esters is 1. The standard InChI is InChI=1S/C32H64O11/c1-3-5-7-8-9-10-12-32(33)43-31-30-42-29-28-41-27-26-40-25-24-39-23-22-38-21-20-37-19-18-36-17-16-35-15-14-34-13-11-6-4-2/h3-31H2,1-2H3. The third-order valence-electron chi connectivity index (χ3n) is 6.09. The van der Waals surface area contributed by atoms with E-state index in [-0.39, 0.29) is 5.97 Å². The molecule has 0 unspecified atom stereocenters. The lowest BCUT2D eigenvalue weighted by atomic mass is 10.1. The largest absolute Gasteiger partial charge is 0.463 e. The second-order valence-electron chi connectivity index (χ2n) is 9.96. The molecule has 0 spiro atoms. The van der Waals surface area contributed by atoms with Gasteiger partial charge in [0, 0.05) is 13.0 Å². The third kappa shape index (κ3) is 39.1. The van der Waals surface area contributed by atoms with Gasteiger partial charge in [0.15, 0.2) is 0 Å². The van der Waals surface area contributed by atoms with Gasteiger partial charge < -0.3 is 47.4 Å². The minimum Gasteiger partial charge on any atom is -0.463 e. The fraction of sp³-hybridized carbons (Fsp3) is 0.969. The molecule has 0 saturated heterocycles. The smallest absolute Gasteiger partial charge is 0.305 e. The summed E-state index contributed by atoms with van der Waals surface area (Å²) < 4.78 is 54.3. The first kappa shape index (κ1) is 42.1. The molecule has 0 heterocycles. The van der Waals surface area contributed by atoms with Gasteiger partial charge in [-0.15, -0.1) is 0 Å². The molecule has 0 aliphatic heterocycles. The molecule has 0 aromatic carbocycles. The van der Waals surface area contributed by atoms with E-state index in [2.05, 4.69) is 13.8 Å². The number of ether oxygens (including phenoxy) is 10. The van der Waals surface area contributed by atoms with Crippen LogP contribution in [-0.4, -0.2) is 132 Å². The van der Waals surface area contributed by atoms with Crippen molar-refractivity contribution in [2.75, 3.05) is 126 Å². The molecule has 0 atom stereocenters. The van der Waals surface area contributed by atoms with E-state index in [9.17, 15) is 4.79 Å². The van der Waals surface area contributed by atoms with Crippen molar-refractivity contribution >= 4 is 5.97 Å². The molecule has 11 heteroatoms. The summed E-state index contributed by atoms with van der Waals surface area (Å²) in [7, 11) is 0. The molecule has 0 bridgehead atoms. The summed E-state index contributed by atoms with van der Waals surface area (Å²) in [5, 5.41) is 0. The summed E-state index contributed by atoms with van der Waals surface area (Å²) in [6.07, 6.45) is 11.0. The van der Waals surface area contributed by atoms with E-state index in [0.717, 1.165) is 25.9 Å². The predicted octanol–water partition coefficient (Wildman–Crippen LogP) is 4.62. The molecule has 0 saturated carbocycles. The van der Waals surface area contributed by atoms with Crippen LogP contribution >= 0.6 is 0 Å². The van der Waals surface area contributed by atoms with Crippen LogP contribution in [0.1, 0.15) is 78.1 Å². The van der Waals surface area contributed by atoms with Crippen molar-refractivity contribution in [3.05, 3.63) is 0 Å². The molecule has 0 aliphatic carbocycles. The van der Waals surface area contributed by atoms with Gasteiger partial charge in [-0.3, -0.25) is 4.79 Å². The Morgan fingerprint density at radius 2 is 0.605 bits per heavy atom. The molecule has 0 amide bonds. The summed E-state index contributed by atoms with van der Waals surface area (Å²) in [5.41, 5.74) is 0. The molecular weight excluding hydrogens is 560 g/mol. The van der Waals surface area contributed by atoms with Gasteiger partial charge in [0.05, 0.1) is 112 Å². The zero-order valence-corrected chi connectivity index (χ0v) is 27.5. The monoisotopic (exact) mass is 624 g/mol. The molecule has 0 aromatic heterocycles. The summed E-state index contributed by atoms with van der Waals surface area (Å²) in [5.74, 6) is -0.140. The number of rotatable bonds is 38. The molecule has 0 radical (unpaired) electrons. The Bertz CT molecular complexity index is 526. The number of hydrogen-bond acceptors (Lipinski definition) is 11. The van der Waals surface area contributed by atoms with E-state index in [1.165, 1.54) is 38.5 Å². The zero-order valence-electron chi connectivity index (χ0n) is 27.5. The molecule has 43 heavy (non-hydrogen) atoms. The van der Waals surface area contributed by atoms with Gasteiger partial charge in [-0.1, -0.05) is 58.8 Å². The van der Waals surface area contributed by atoms with Crippen molar-refractivity contribution in [3.8, 4) is 0 Å². The summed E-state index contributed by atoms with van der Waals surface area (Å²) in [6, 6.07) is 0. The fourth-order valence-corrected chi connectivity index (χ4v) is 3.65. The van der Waals surface area contributed by atoms with Crippen LogP contribution in [0.4, 0.5) is 0 Å². The summed E-state index contributed by atoms with van der Waals surface area (Å²) in [4.78, 5) is 11.6. The topological polar surface area (TPSA) is 109 Å². The number of carbonyl (C=O) groups excluding carboxylic acids is 1. The molecule has 258 valence electrons. The number of carbonyl (C=O) groups is 1. The van der Waals surface area contributed by atoms with Crippen molar-refractivity contribution in [2.45, 2.75) is 78.1 Å². The molecule has 0 rings (SSSR count). The first-order valence-electron chi connectivity index (χ1n) is 16.7. The maximum Gasteiger partial charge on any atom is 0.305 e. The number of hydrogen-bond donors (Lipinski definition) is 0. The van der Waals surface area contributed by atoms with E-state index in [0.29, 0.717) is 125 Å². The van der Waals surface area contributed by atoms with Crippen LogP contribution in [0.3, 0.4) is 0 Å². The van der Waals surface area contributed by atoms with Gasteiger partial charge >= 0.3 is 5.97 Å². The Kier molecular flexibility index (Phi) is 38.3. The summed E-state index contributed by atoms with van der Waals surface area (Å²) in [6.45, 7) is 14.3. The van der Waals surface area contributed by atoms with Gasteiger partial charge in [0.1, 0.15) is 6.61 Å². The van der Waals surface area contributed by atoms with Crippen molar-refractivity contribution in [1.82, 2.24) is 0 Å². The Morgan fingerprint density at radius 1 is 0.326 bits per heavy atom. The normalized spacial score (nSPS) is 11.4. The Balaban J connectivity index is 3.09. The van der Waals surface area contributed by atoms with Crippen LogP contribution in [0, 0.1) is 0 Å². The Hall–Kier alpha value is -0.890. The van der Waals surface area contributed by atoms with Crippen LogP contribution in [0.15, 0.2) is 0 Å². The van der Waals surface area contributed by atoms with Gasteiger partial charge in [-0.2, -0.15) is 0 Å². The average Bonchev–Trinajstić information content (AvgIpc) is 3.01. The lowest BCUT2D eigenvalue weighted by Crippen LogP contribution is -2.15. The number of unbranched alkanes of at least 4 members (excludes halogenated alkanes) is 7. The van der Waals surface area contributed by atoms with Gasteiger partial charge in [-0.05, 0) is 12.8 Å². The fourth-order valence-electron chi connectivity index (χ4n) is 3.65. The van der Waals surface area contributed by atoms with Crippen LogP contribution in [0.5, 0.6) is 0 Å². The Morgan fingerprint density at radius 3 is 0.977 bits per heavy atom. The van der Waals surface area contributed by atoms with E-state index in [4.69, 9.17) is 47.4 Å².